The lowest BCUT2D eigenvalue weighted by molar-refractivity contribution is 0.477. The van der Waals surface area contributed by atoms with Gasteiger partial charge in [0.1, 0.15) is 11.4 Å². The third kappa shape index (κ3) is 2.28. The number of nitrogens with one attached hydrogen (secondary N) is 1. The van der Waals surface area contributed by atoms with Crippen LogP contribution in [0.4, 0.5) is 11.5 Å². The smallest absolute Gasteiger partial charge is 0.183 e. The molecule has 0 atom stereocenters. The molecule has 2 aromatic carbocycles. The Kier molecular flexibility index (Phi) is 3.23. The van der Waals surface area contributed by atoms with Crippen molar-refractivity contribution >= 4 is 33.3 Å². The maximum atomic E-state index is 10.1. The number of rotatable bonds is 2. The largest absolute Gasteiger partial charge is 0.506 e. The van der Waals surface area contributed by atoms with Gasteiger partial charge in [-0.15, -0.1) is 10.2 Å². The molecule has 0 fully saturated rings. The minimum absolute atomic E-state index is 0.0898. The summed E-state index contributed by atoms with van der Waals surface area (Å²) in [5.74, 6) is 0.620. The summed E-state index contributed by atoms with van der Waals surface area (Å²) in [5, 5.41) is 28.4. The number of phenolic OH excluding ortho intramolecular Hbond substituents is 1. The molecule has 118 valence electrons. The molecular weight excluding hydrogens is 302 g/mol. The summed E-state index contributed by atoms with van der Waals surface area (Å²) >= 11 is 0. The average Bonchev–Trinajstić information content (AvgIpc) is 2.97. The van der Waals surface area contributed by atoms with E-state index in [1.54, 1.807) is 6.07 Å². The highest BCUT2D eigenvalue weighted by molar-refractivity contribution is 5.95. The second kappa shape index (κ2) is 5.42. The van der Waals surface area contributed by atoms with E-state index in [1.165, 1.54) is 0 Å². The molecule has 6 nitrogen and oxygen atoms in total. The number of benzene rings is 2. The van der Waals surface area contributed by atoms with Gasteiger partial charge in [0.2, 0.25) is 0 Å². The Hall–Kier alpha value is -3.28. The van der Waals surface area contributed by atoms with Crippen molar-refractivity contribution in [3.63, 3.8) is 0 Å². The Labute approximate surface area is 137 Å². The SMILES string of the molecule is Cc1cc(C)c2c(N=Nc3c(O)ccc4ccccc34)[nH]nc2n1. The molecule has 0 aliphatic heterocycles. The molecule has 2 N–H and O–H groups in total. The van der Waals surface area contributed by atoms with E-state index in [2.05, 4.69) is 25.4 Å². The molecule has 4 rings (SSSR count). The highest BCUT2D eigenvalue weighted by Gasteiger charge is 2.11. The number of fused-ring (bicyclic) bond motifs is 2. The fraction of sp³-hybridized carbons (Fsp3) is 0.111. The standard InChI is InChI=1S/C18H15N5O/c1-10-9-11(2)19-17-15(10)18(23-21-17)22-20-16-13-6-4-3-5-12(13)7-8-14(16)24/h3-9,24H,1-2H3,(H,19,21,23). The van der Waals surface area contributed by atoms with Crippen LogP contribution in [0, 0.1) is 13.8 Å². The van der Waals surface area contributed by atoms with Crippen LogP contribution >= 0.6 is 0 Å². The number of azo groups is 1. The predicted molar refractivity (Wildman–Crippen MR) is 93.2 cm³/mol. The van der Waals surface area contributed by atoms with E-state index in [0.29, 0.717) is 17.2 Å². The summed E-state index contributed by atoms with van der Waals surface area (Å²) < 4.78 is 0. The van der Waals surface area contributed by atoms with Crippen molar-refractivity contribution in [1.29, 1.82) is 0 Å². The average molecular weight is 317 g/mol. The number of nitrogens with zero attached hydrogens (tertiary/aromatic N) is 4. The highest BCUT2D eigenvalue weighted by atomic mass is 16.3. The fourth-order valence-electron chi connectivity index (χ4n) is 2.87. The number of H-pyrrole nitrogens is 1. The van der Waals surface area contributed by atoms with Crippen molar-refractivity contribution in [1.82, 2.24) is 15.2 Å². The van der Waals surface area contributed by atoms with Gasteiger partial charge in [0.05, 0.1) is 5.39 Å². The maximum Gasteiger partial charge on any atom is 0.183 e. The first-order valence-electron chi connectivity index (χ1n) is 7.58. The zero-order valence-electron chi connectivity index (χ0n) is 13.3. The minimum Gasteiger partial charge on any atom is -0.506 e. The first-order chi connectivity index (χ1) is 11.6. The summed E-state index contributed by atoms with van der Waals surface area (Å²) in [7, 11) is 0. The van der Waals surface area contributed by atoms with Crippen LogP contribution in [0.1, 0.15) is 11.3 Å². The van der Waals surface area contributed by atoms with Crippen LogP contribution < -0.4 is 0 Å². The van der Waals surface area contributed by atoms with Crippen LogP contribution in [0.25, 0.3) is 21.8 Å². The van der Waals surface area contributed by atoms with Crippen molar-refractivity contribution in [2.45, 2.75) is 13.8 Å². The monoisotopic (exact) mass is 317 g/mol. The summed E-state index contributed by atoms with van der Waals surface area (Å²) in [6, 6.07) is 13.2. The number of phenols is 1. The molecule has 0 saturated carbocycles. The lowest BCUT2D eigenvalue weighted by Gasteiger charge is -2.03. The predicted octanol–water partition coefficient (Wildman–Crippen LogP) is 4.85. The van der Waals surface area contributed by atoms with E-state index in [9.17, 15) is 5.11 Å². The summed E-state index contributed by atoms with van der Waals surface area (Å²) in [6.07, 6.45) is 0. The number of aryl methyl sites for hydroxylation is 2. The lowest BCUT2D eigenvalue weighted by atomic mass is 10.1. The first kappa shape index (κ1) is 14.3. The summed E-state index contributed by atoms with van der Waals surface area (Å²) in [6.45, 7) is 3.91. The third-order valence-electron chi connectivity index (χ3n) is 3.96. The maximum absolute atomic E-state index is 10.1. The van der Waals surface area contributed by atoms with Gasteiger partial charge >= 0.3 is 0 Å². The van der Waals surface area contributed by atoms with Crippen LogP contribution in [0.15, 0.2) is 52.7 Å². The third-order valence-corrected chi connectivity index (χ3v) is 3.96. The van der Waals surface area contributed by atoms with Crippen molar-refractivity contribution in [2.24, 2.45) is 10.2 Å². The van der Waals surface area contributed by atoms with E-state index < -0.39 is 0 Å². The van der Waals surface area contributed by atoms with Gasteiger partial charge < -0.3 is 5.11 Å². The number of aromatic nitrogens is 3. The molecule has 0 unspecified atom stereocenters. The molecule has 0 bridgehead atoms. The van der Waals surface area contributed by atoms with Crippen molar-refractivity contribution in [2.75, 3.05) is 0 Å². The van der Waals surface area contributed by atoms with Crippen molar-refractivity contribution < 1.29 is 5.11 Å². The lowest BCUT2D eigenvalue weighted by Crippen LogP contribution is -1.84. The van der Waals surface area contributed by atoms with Crippen LogP contribution in [0.3, 0.4) is 0 Å². The molecule has 6 heteroatoms. The summed E-state index contributed by atoms with van der Waals surface area (Å²) in [4.78, 5) is 4.39. The second-order valence-corrected chi connectivity index (χ2v) is 5.71. The van der Waals surface area contributed by atoms with E-state index in [0.717, 1.165) is 27.4 Å². The van der Waals surface area contributed by atoms with Crippen LogP contribution in [0.2, 0.25) is 0 Å². The Balaban J connectivity index is 1.86. The Morgan fingerprint density at radius 1 is 1.04 bits per heavy atom. The second-order valence-electron chi connectivity index (χ2n) is 5.71. The topological polar surface area (TPSA) is 86.5 Å². The van der Waals surface area contributed by atoms with Gasteiger partial charge in [0, 0.05) is 11.1 Å². The minimum atomic E-state index is 0.0898. The molecule has 0 aliphatic rings. The number of hydrogen-bond acceptors (Lipinski definition) is 5. The normalized spacial score (nSPS) is 11.8. The van der Waals surface area contributed by atoms with Gasteiger partial charge in [-0.05, 0) is 36.9 Å². The fourth-order valence-corrected chi connectivity index (χ4v) is 2.87. The Morgan fingerprint density at radius 3 is 2.75 bits per heavy atom. The van der Waals surface area contributed by atoms with Crippen LogP contribution in [-0.4, -0.2) is 20.3 Å². The number of aromatic hydroxyl groups is 1. The van der Waals surface area contributed by atoms with E-state index >= 15 is 0 Å². The summed E-state index contributed by atoms with van der Waals surface area (Å²) in [5.41, 5.74) is 2.99. The number of hydrogen-bond donors (Lipinski definition) is 2. The molecule has 0 radical (unpaired) electrons. The molecule has 0 spiro atoms. The zero-order valence-corrected chi connectivity index (χ0v) is 13.3. The van der Waals surface area contributed by atoms with E-state index in [1.807, 2.05) is 50.2 Å². The molecule has 24 heavy (non-hydrogen) atoms. The van der Waals surface area contributed by atoms with Crippen LogP contribution in [-0.2, 0) is 0 Å². The van der Waals surface area contributed by atoms with Crippen molar-refractivity contribution in [3.05, 3.63) is 53.7 Å². The zero-order chi connectivity index (χ0) is 16.7. The first-order valence-corrected chi connectivity index (χ1v) is 7.58. The number of pyridine rings is 1. The molecule has 2 aromatic heterocycles. The van der Waals surface area contributed by atoms with Gasteiger partial charge in [0.25, 0.3) is 0 Å². The van der Waals surface area contributed by atoms with Gasteiger partial charge in [0.15, 0.2) is 11.5 Å². The molecule has 0 amide bonds. The molecular formula is C18H15N5O. The Morgan fingerprint density at radius 2 is 1.88 bits per heavy atom. The van der Waals surface area contributed by atoms with Gasteiger partial charge in [-0.1, -0.05) is 30.3 Å². The number of aromatic amines is 1. The van der Waals surface area contributed by atoms with E-state index in [4.69, 9.17) is 0 Å². The van der Waals surface area contributed by atoms with Gasteiger partial charge in [-0.2, -0.15) is 5.10 Å². The molecule has 2 heterocycles. The van der Waals surface area contributed by atoms with Gasteiger partial charge in [-0.25, -0.2) is 4.98 Å². The molecule has 0 aliphatic carbocycles. The van der Waals surface area contributed by atoms with Crippen LogP contribution in [0.5, 0.6) is 5.75 Å². The quantitative estimate of drug-likeness (QED) is 0.518. The molecule has 4 aromatic rings. The highest BCUT2D eigenvalue weighted by Crippen LogP contribution is 2.36. The van der Waals surface area contributed by atoms with Gasteiger partial charge in [-0.3, -0.25) is 5.10 Å². The molecule has 0 saturated heterocycles. The van der Waals surface area contributed by atoms with Crippen molar-refractivity contribution in [3.8, 4) is 5.75 Å². The van der Waals surface area contributed by atoms with E-state index in [-0.39, 0.29) is 5.75 Å². The Bertz CT molecular complexity index is 1100.